The topological polar surface area (TPSA) is 56.8 Å². The monoisotopic (exact) mass is 277 g/mol. The molecule has 5 nitrogen and oxygen atoms in total. The first-order valence-electron chi connectivity index (χ1n) is 6.39. The maximum Gasteiger partial charge on any atom is 0.245 e. The standard InChI is InChI=1S/C13H16ClN5/c1-9-8-19(7-6-15-9)13-16-12(17-18-13)10-2-4-11(14)5-3-10/h2-5,9,15H,6-8H2,1H3,(H,16,17,18)/t9-/m1/s1. The van der Waals surface area contributed by atoms with Crippen LogP contribution in [0.5, 0.6) is 0 Å². The minimum Gasteiger partial charge on any atom is -0.337 e. The molecule has 2 heterocycles. The van der Waals surface area contributed by atoms with Gasteiger partial charge in [0.1, 0.15) is 0 Å². The third-order valence-corrected chi connectivity index (χ3v) is 3.49. The van der Waals surface area contributed by atoms with Crippen molar-refractivity contribution >= 4 is 17.5 Å². The van der Waals surface area contributed by atoms with Gasteiger partial charge in [-0.3, -0.25) is 5.10 Å². The van der Waals surface area contributed by atoms with Crippen molar-refractivity contribution in [2.24, 2.45) is 0 Å². The smallest absolute Gasteiger partial charge is 0.245 e. The van der Waals surface area contributed by atoms with Gasteiger partial charge in [-0.15, -0.1) is 5.10 Å². The highest BCUT2D eigenvalue weighted by Gasteiger charge is 2.19. The predicted molar refractivity (Wildman–Crippen MR) is 76.5 cm³/mol. The van der Waals surface area contributed by atoms with Crippen LogP contribution in [-0.2, 0) is 0 Å². The molecule has 0 radical (unpaired) electrons. The van der Waals surface area contributed by atoms with Crippen LogP contribution in [0.2, 0.25) is 5.02 Å². The lowest BCUT2D eigenvalue weighted by Crippen LogP contribution is -2.49. The first kappa shape index (κ1) is 12.4. The van der Waals surface area contributed by atoms with Crippen LogP contribution in [0.3, 0.4) is 0 Å². The molecule has 0 aliphatic carbocycles. The fourth-order valence-corrected chi connectivity index (χ4v) is 2.37. The summed E-state index contributed by atoms with van der Waals surface area (Å²) in [6.45, 7) is 4.99. The highest BCUT2D eigenvalue weighted by Crippen LogP contribution is 2.20. The molecule has 0 unspecified atom stereocenters. The molecule has 0 saturated carbocycles. The summed E-state index contributed by atoms with van der Waals surface area (Å²) < 4.78 is 0. The number of hydrogen-bond donors (Lipinski definition) is 2. The number of nitrogens with one attached hydrogen (secondary N) is 2. The minimum absolute atomic E-state index is 0.464. The summed E-state index contributed by atoms with van der Waals surface area (Å²) in [5, 5.41) is 11.4. The Hall–Kier alpha value is -1.59. The number of benzene rings is 1. The predicted octanol–water partition coefficient (Wildman–Crippen LogP) is 1.92. The molecule has 1 aromatic heterocycles. The second-order valence-corrected chi connectivity index (χ2v) is 5.23. The first-order chi connectivity index (χ1) is 9.22. The van der Waals surface area contributed by atoms with Gasteiger partial charge in [-0.2, -0.15) is 4.98 Å². The SMILES string of the molecule is C[C@@H]1CN(c2n[nH]c(-c3ccc(Cl)cc3)n2)CCN1. The van der Waals surface area contributed by atoms with Gasteiger partial charge in [0.25, 0.3) is 0 Å². The van der Waals surface area contributed by atoms with E-state index in [9.17, 15) is 0 Å². The average molecular weight is 278 g/mol. The van der Waals surface area contributed by atoms with E-state index in [1.54, 1.807) is 0 Å². The van der Waals surface area contributed by atoms with Crippen molar-refractivity contribution in [1.29, 1.82) is 0 Å². The molecule has 3 rings (SSSR count). The van der Waals surface area contributed by atoms with Crippen molar-refractivity contribution in [2.75, 3.05) is 24.5 Å². The van der Waals surface area contributed by atoms with Crippen LogP contribution in [0, 0.1) is 0 Å². The zero-order valence-corrected chi connectivity index (χ0v) is 11.5. The Labute approximate surface area is 117 Å². The third-order valence-electron chi connectivity index (χ3n) is 3.24. The van der Waals surface area contributed by atoms with Gasteiger partial charge in [-0.05, 0) is 31.2 Å². The van der Waals surface area contributed by atoms with Gasteiger partial charge in [-0.1, -0.05) is 11.6 Å². The number of H-pyrrole nitrogens is 1. The van der Waals surface area contributed by atoms with Crippen LogP contribution in [0.1, 0.15) is 6.92 Å². The molecule has 1 aromatic carbocycles. The molecule has 1 aliphatic heterocycles. The minimum atomic E-state index is 0.464. The van der Waals surface area contributed by atoms with Crippen LogP contribution < -0.4 is 10.2 Å². The summed E-state index contributed by atoms with van der Waals surface area (Å²) in [6.07, 6.45) is 0. The van der Waals surface area contributed by atoms with Crippen LogP contribution >= 0.6 is 11.6 Å². The number of hydrogen-bond acceptors (Lipinski definition) is 4. The van der Waals surface area contributed by atoms with Crippen molar-refractivity contribution < 1.29 is 0 Å². The van der Waals surface area contributed by atoms with Crippen molar-refractivity contribution in [3.05, 3.63) is 29.3 Å². The van der Waals surface area contributed by atoms with E-state index < -0.39 is 0 Å². The second-order valence-electron chi connectivity index (χ2n) is 4.79. The number of anilines is 1. The molecule has 19 heavy (non-hydrogen) atoms. The molecule has 1 atom stereocenters. The number of halogens is 1. The molecule has 1 aliphatic rings. The lowest BCUT2D eigenvalue weighted by Gasteiger charge is -2.30. The Morgan fingerprint density at radius 3 is 2.84 bits per heavy atom. The average Bonchev–Trinajstić information content (AvgIpc) is 2.89. The Morgan fingerprint density at radius 2 is 2.11 bits per heavy atom. The summed E-state index contributed by atoms with van der Waals surface area (Å²) in [7, 11) is 0. The van der Waals surface area contributed by atoms with Gasteiger partial charge in [0.05, 0.1) is 0 Å². The van der Waals surface area contributed by atoms with Gasteiger partial charge in [0.2, 0.25) is 5.95 Å². The molecule has 2 aromatic rings. The lowest BCUT2D eigenvalue weighted by molar-refractivity contribution is 0.480. The zero-order chi connectivity index (χ0) is 13.2. The number of aromatic nitrogens is 3. The van der Waals surface area contributed by atoms with Crippen molar-refractivity contribution in [3.8, 4) is 11.4 Å². The molecule has 1 saturated heterocycles. The van der Waals surface area contributed by atoms with Crippen LogP contribution in [-0.4, -0.2) is 40.9 Å². The normalized spacial score (nSPS) is 19.7. The molecule has 100 valence electrons. The Bertz CT molecular complexity index is 550. The zero-order valence-electron chi connectivity index (χ0n) is 10.7. The van der Waals surface area contributed by atoms with Gasteiger partial charge in [0.15, 0.2) is 5.82 Å². The summed E-state index contributed by atoms with van der Waals surface area (Å²) in [5.41, 5.74) is 0.992. The third kappa shape index (κ3) is 2.72. The fourth-order valence-electron chi connectivity index (χ4n) is 2.25. The van der Waals surface area contributed by atoms with E-state index in [2.05, 4.69) is 32.3 Å². The maximum atomic E-state index is 5.88. The molecule has 0 amide bonds. The molecular formula is C13H16ClN5. The molecule has 6 heteroatoms. The highest BCUT2D eigenvalue weighted by molar-refractivity contribution is 6.30. The van der Waals surface area contributed by atoms with Crippen molar-refractivity contribution in [2.45, 2.75) is 13.0 Å². The molecule has 2 N–H and O–H groups in total. The van der Waals surface area contributed by atoms with Crippen LogP contribution in [0.15, 0.2) is 24.3 Å². The molecule has 1 fully saturated rings. The fraction of sp³-hybridized carbons (Fsp3) is 0.385. The van der Waals surface area contributed by atoms with E-state index in [0.29, 0.717) is 6.04 Å². The summed E-state index contributed by atoms with van der Waals surface area (Å²) in [4.78, 5) is 6.75. The summed E-state index contributed by atoms with van der Waals surface area (Å²) in [6, 6.07) is 8.05. The Morgan fingerprint density at radius 1 is 1.32 bits per heavy atom. The largest absolute Gasteiger partial charge is 0.337 e. The van der Waals surface area contributed by atoms with Crippen molar-refractivity contribution in [3.63, 3.8) is 0 Å². The van der Waals surface area contributed by atoms with E-state index in [1.807, 2.05) is 24.3 Å². The first-order valence-corrected chi connectivity index (χ1v) is 6.77. The van der Waals surface area contributed by atoms with Gasteiger partial charge in [-0.25, -0.2) is 0 Å². The van der Waals surface area contributed by atoms with E-state index in [-0.39, 0.29) is 0 Å². The van der Waals surface area contributed by atoms with Crippen LogP contribution in [0.25, 0.3) is 11.4 Å². The van der Waals surface area contributed by atoms with Crippen LogP contribution in [0.4, 0.5) is 5.95 Å². The van der Waals surface area contributed by atoms with E-state index in [0.717, 1.165) is 42.0 Å². The number of rotatable bonds is 2. The van der Waals surface area contributed by atoms with Gasteiger partial charge in [0, 0.05) is 36.3 Å². The molecule has 0 bridgehead atoms. The second kappa shape index (κ2) is 5.19. The quantitative estimate of drug-likeness (QED) is 0.881. The molecular weight excluding hydrogens is 262 g/mol. The van der Waals surface area contributed by atoms with Gasteiger partial charge >= 0.3 is 0 Å². The van der Waals surface area contributed by atoms with Gasteiger partial charge < -0.3 is 10.2 Å². The lowest BCUT2D eigenvalue weighted by atomic mass is 10.2. The number of piperazine rings is 1. The van der Waals surface area contributed by atoms with E-state index in [4.69, 9.17) is 11.6 Å². The number of nitrogens with zero attached hydrogens (tertiary/aromatic N) is 3. The van der Waals surface area contributed by atoms with E-state index in [1.165, 1.54) is 0 Å². The molecule has 0 spiro atoms. The highest BCUT2D eigenvalue weighted by atomic mass is 35.5. The van der Waals surface area contributed by atoms with E-state index >= 15 is 0 Å². The number of aromatic amines is 1. The maximum absolute atomic E-state index is 5.88. The summed E-state index contributed by atoms with van der Waals surface area (Å²) in [5.74, 6) is 1.54. The van der Waals surface area contributed by atoms with Crippen molar-refractivity contribution in [1.82, 2.24) is 20.5 Å². The summed E-state index contributed by atoms with van der Waals surface area (Å²) >= 11 is 5.88. The Balaban J connectivity index is 1.81. The Kier molecular flexibility index (Phi) is 3.40.